The number of carbonyl (C=O) groups excluding carboxylic acids is 1. The normalized spacial score (nSPS) is 20.1. The zero-order chi connectivity index (χ0) is 10.4. The maximum atomic E-state index is 11.5. The molecule has 0 bridgehead atoms. The molecule has 0 aromatic heterocycles. The van der Waals surface area contributed by atoms with E-state index in [1.165, 1.54) is 31.3 Å². The molecular formula is C11H20NO2+. The summed E-state index contributed by atoms with van der Waals surface area (Å²) in [6.07, 6.45) is 6.27. The first-order valence-corrected chi connectivity index (χ1v) is 5.33. The molecule has 0 unspecified atom stereocenters. The standard InChI is InChI=1S/C11H19NO2/c1-3-7-10(11(13)14-2)12-8-5-4-6-9-12/h3,10H,1,4-9H2,2H3/p+1/t10-/m1/s1. The SMILES string of the molecule is C=CC[C@H](C(=O)OC)[NH+]1CCCCC1. The number of quaternary nitrogens is 1. The van der Waals surface area contributed by atoms with Gasteiger partial charge < -0.3 is 9.64 Å². The first kappa shape index (κ1) is 11.2. The Balaban J connectivity index is 2.55. The van der Waals surface area contributed by atoms with Gasteiger partial charge in [-0.25, -0.2) is 4.79 Å². The van der Waals surface area contributed by atoms with Crippen molar-refractivity contribution in [2.75, 3.05) is 20.2 Å². The number of likely N-dealkylation sites (tertiary alicyclic amines) is 1. The van der Waals surface area contributed by atoms with Gasteiger partial charge in [-0.2, -0.15) is 0 Å². The van der Waals surface area contributed by atoms with Crippen molar-refractivity contribution in [1.29, 1.82) is 0 Å². The predicted octanol–water partition coefficient (Wildman–Crippen LogP) is 0.173. The largest absolute Gasteiger partial charge is 0.465 e. The predicted molar refractivity (Wildman–Crippen MR) is 55.2 cm³/mol. The highest BCUT2D eigenvalue weighted by Gasteiger charge is 2.30. The Hall–Kier alpha value is -0.830. The van der Waals surface area contributed by atoms with Gasteiger partial charge in [0.15, 0.2) is 6.04 Å². The fourth-order valence-corrected chi connectivity index (χ4v) is 2.09. The second-order valence-electron chi connectivity index (χ2n) is 3.82. The Bertz CT molecular complexity index is 197. The molecular weight excluding hydrogens is 178 g/mol. The van der Waals surface area contributed by atoms with Crippen molar-refractivity contribution >= 4 is 5.97 Å². The molecule has 14 heavy (non-hydrogen) atoms. The number of hydrogen-bond acceptors (Lipinski definition) is 2. The number of esters is 1. The molecule has 0 spiro atoms. The average molecular weight is 198 g/mol. The van der Waals surface area contributed by atoms with Crippen LogP contribution in [0, 0.1) is 0 Å². The van der Waals surface area contributed by atoms with E-state index in [1.54, 1.807) is 0 Å². The van der Waals surface area contributed by atoms with Gasteiger partial charge in [0.05, 0.1) is 20.2 Å². The van der Waals surface area contributed by atoms with Crippen molar-refractivity contribution in [3.63, 3.8) is 0 Å². The molecule has 1 aliphatic heterocycles. The Morgan fingerprint density at radius 1 is 1.50 bits per heavy atom. The third-order valence-corrected chi connectivity index (χ3v) is 2.88. The molecule has 1 fully saturated rings. The van der Waals surface area contributed by atoms with Gasteiger partial charge in [-0.05, 0) is 19.3 Å². The van der Waals surface area contributed by atoms with Crippen LogP contribution in [0.2, 0.25) is 0 Å². The molecule has 1 atom stereocenters. The Kier molecular flexibility index (Phi) is 4.66. The number of methoxy groups -OCH3 is 1. The van der Waals surface area contributed by atoms with Gasteiger partial charge >= 0.3 is 5.97 Å². The van der Waals surface area contributed by atoms with Crippen molar-refractivity contribution in [3.05, 3.63) is 12.7 Å². The van der Waals surface area contributed by atoms with E-state index < -0.39 is 0 Å². The van der Waals surface area contributed by atoms with E-state index in [0.717, 1.165) is 19.5 Å². The summed E-state index contributed by atoms with van der Waals surface area (Å²) >= 11 is 0. The smallest absolute Gasteiger partial charge is 0.364 e. The highest BCUT2D eigenvalue weighted by molar-refractivity contribution is 5.74. The summed E-state index contributed by atoms with van der Waals surface area (Å²) in [5.74, 6) is -0.0956. The van der Waals surface area contributed by atoms with Crippen LogP contribution >= 0.6 is 0 Å². The molecule has 1 aliphatic rings. The van der Waals surface area contributed by atoms with E-state index in [4.69, 9.17) is 4.74 Å². The molecule has 1 saturated heterocycles. The summed E-state index contributed by atoms with van der Waals surface area (Å²) in [5.41, 5.74) is 0. The van der Waals surface area contributed by atoms with Crippen LogP contribution < -0.4 is 4.90 Å². The van der Waals surface area contributed by atoms with Crippen LogP contribution in [0.25, 0.3) is 0 Å². The zero-order valence-electron chi connectivity index (χ0n) is 8.92. The monoisotopic (exact) mass is 198 g/mol. The molecule has 0 aromatic carbocycles. The van der Waals surface area contributed by atoms with Gasteiger partial charge in [0.1, 0.15) is 0 Å². The lowest BCUT2D eigenvalue weighted by molar-refractivity contribution is -0.921. The minimum Gasteiger partial charge on any atom is -0.465 e. The van der Waals surface area contributed by atoms with Crippen molar-refractivity contribution in [2.45, 2.75) is 31.7 Å². The van der Waals surface area contributed by atoms with Gasteiger partial charge in [-0.15, -0.1) is 6.58 Å². The van der Waals surface area contributed by atoms with Crippen molar-refractivity contribution < 1.29 is 14.4 Å². The number of hydrogen-bond donors (Lipinski definition) is 1. The third kappa shape index (κ3) is 2.84. The molecule has 0 saturated carbocycles. The molecule has 80 valence electrons. The lowest BCUT2D eigenvalue weighted by Gasteiger charge is -2.29. The first-order valence-electron chi connectivity index (χ1n) is 5.33. The quantitative estimate of drug-likeness (QED) is 0.516. The van der Waals surface area contributed by atoms with E-state index in [2.05, 4.69) is 6.58 Å². The molecule has 3 heteroatoms. The summed E-state index contributed by atoms with van der Waals surface area (Å²) < 4.78 is 4.81. The summed E-state index contributed by atoms with van der Waals surface area (Å²) in [6.45, 7) is 5.87. The van der Waals surface area contributed by atoms with Crippen LogP contribution in [0.4, 0.5) is 0 Å². The van der Waals surface area contributed by atoms with Crippen LogP contribution in [-0.4, -0.2) is 32.2 Å². The fraction of sp³-hybridized carbons (Fsp3) is 0.727. The van der Waals surface area contributed by atoms with Crippen LogP contribution in [0.3, 0.4) is 0 Å². The maximum Gasteiger partial charge on any atom is 0.364 e. The Morgan fingerprint density at radius 3 is 2.64 bits per heavy atom. The molecule has 0 aliphatic carbocycles. The Labute approximate surface area is 85.7 Å². The third-order valence-electron chi connectivity index (χ3n) is 2.88. The van der Waals surface area contributed by atoms with Crippen LogP contribution in [-0.2, 0) is 9.53 Å². The number of carbonyl (C=O) groups is 1. The summed E-state index contributed by atoms with van der Waals surface area (Å²) in [5, 5.41) is 0. The van der Waals surface area contributed by atoms with E-state index in [-0.39, 0.29) is 12.0 Å². The highest BCUT2D eigenvalue weighted by atomic mass is 16.5. The van der Waals surface area contributed by atoms with Gasteiger partial charge in [-0.1, -0.05) is 6.08 Å². The van der Waals surface area contributed by atoms with Gasteiger partial charge in [-0.3, -0.25) is 0 Å². The molecule has 0 radical (unpaired) electrons. The van der Waals surface area contributed by atoms with E-state index in [9.17, 15) is 4.79 Å². The van der Waals surface area contributed by atoms with E-state index in [1.807, 2.05) is 6.08 Å². The molecule has 1 rings (SSSR count). The zero-order valence-corrected chi connectivity index (χ0v) is 8.92. The fourth-order valence-electron chi connectivity index (χ4n) is 2.09. The van der Waals surface area contributed by atoms with Gasteiger partial charge in [0.25, 0.3) is 0 Å². The average Bonchev–Trinajstić information content (AvgIpc) is 2.26. The highest BCUT2D eigenvalue weighted by Crippen LogP contribution is 1.99. The van der Waals surface area contributed by atoms with Crippen LogP contribution in [0.5, 0.6) is 0 Å². The number of rotatable bonds is 4. The summed E-state index contributed by atoms with van der Waals surface area (Å²) in [6, 6.07) is -0.0298. The van der Waals surface area contributed by atoms with E-state index in [0.29, 0.717) is 0 Å². The Morgan fingerprint density at radius 2 is 2.14 bits per heavy atom. The summed E-state index contributed by atoms with van der Waals surface area (Å²) in [7, 11) is 1.46. The second-order valence-corrected chi connectivity index (χ2v) is 3.82. The topological polar surface area (TPSA) is 30.7 Å². The van der Waals surface area contributed by atoms with Gasteiger partial charge in [0, 0.05) is 6.42 Å². The van der Waals surface area contributed by atoms with Crippen molar-refractivity contribution in [3.8, 4) is 0 Å². The molecule has 3 nitrogen and oxygen atoms in total. The number of piperidine rings is 1. The minimum absolute atomic E-state index is 0.0298. The molecule has 1 N–H and O–H groups in total. The van der Waals surface area contributed by atoms with E-state index >= 15 is 0 Å². The molecule has 0 amide bonds. The number of ether oxygens (including phenoxy) is 1. The lowest BCUT2D eigenvalue weighted by Crippen LogP contribution is -3.17. The molecule has 0 aromatic rings. The maximum absolute atomic E-state index is 11.5. The van der Waals surface area contributed by atoms with Crippen LogP contribution in [0.15, 0.2) is 12.7 Å². The van der Waals surface area contributed by atoms with Gasteiger partial charge in [0.2, 0.25) is 0 Å². The number of nitrogens with one attached hydrogen (secondary N) is 1. The van der Waals surface area contributed by atoms with Crippen LogP contribution in [0.1, 0.15) is 25.7 Å². The molecule has 1 heterocycles. The van der Waals surface area contributed by atoms with Crippen molar-refractivity contribution in [1.82, 2.24) is 0 Å². The first-order chi connectivity index (χ1) is 6.79. The summed E-state index contributed by atoms with van der Waals surface area (Å²) in [4.78, 5) is 12.9. The lowest BCUT2D eigenvalue weighted by atomic mass is 10.1. The van der Waals surface area contributed by atoms with Crippen molar-refractivity contribution in [2.24, 2.45) is 0 Å². The minimum atomic E-state index is -0.0956. The second kappa shape index (κ2) is 5.81.